The Hall–Kier alpha value is -1.75. The molecule has 0 unspecified atom stereocenters. The van der Waals surface area contributed by atoms with Gasteiger partial charge in [-0.05, 0) is 19.1 Å². The number of carbonyl (C=O) groups is 2. The molecule has 0 amide bonds. The molecule has 0 atom stereocenters. The van der Waals surface area contributed by atoms with Crippen LogP contribution in [-0.2, 0) is 14.3 Å². The number of hydrogen-bond donors (Lipinski definition) is 0. The van der Waals surface area contributed by atoms with Gasteiger partial charge in [-0.15, -0.1) is 11.3 Å². The Morgan fingerprint density at radius 2 is 2.25 bits per heavy atom. The zero-order valence-corrected chi connectivity index (χ0v) is 9.57. The van der Waals surface area contributed by atoms with Crippen LogP contribution in [0, 0.1) is 0 Å². The molecule has 84 valence electrons. The Balaban J connectivity index is 0.000000168. The van der Waals surface area contributed by atoms with Crippen molar-refractivity contribution in [3.63, 3.8) is 0 Å². The zero-order chi connectivity index (χ0) is 11.8. The van der Waals surface area contributed by atoms with E-state index in [0.29, 0.717) is 0 Å². The monoisotopic (exact) mass is 237 g/mol. The molecule has 0 saturated carbocycles. The van der Waals surface area contributed by atoms with E-state index in [1.165, 1.54) is 4.70 Å². The number of para-hydroxylation sites is 1. The summed E-state index contributed by atoms with van der Waals surface area (Å²) in [5, 5.41) is 0. The van der Waals surface area contributed by atoms with Crippen molar-refractivity contribution in [3.8, 4) is 0 Å². The van der Waals surface area contributed by atoms with Crippen LogP contribution in [0.15, 0.2) is 29.8 Å². The average Bonchev–Trinajstić information content (AvgIpc) is 2.78. The topological polar surface area (TPSA) is 56.3 Å². The van der Waals surface area contributed by atoms with Gasteiger partial charge >= 0.3 is 5.97 Å². The van der Waals surface area contributed by atoms with Gasteiger partial charge in [0.15, 0.2) is 0 Å². The number of rotatable bonds is 2. The maximum Gasteiger partial charge on any atom is 0.371 e. The lowest BCUT2D eigenvalue weighted by Gasteiger charge is -1.88. The third-order valence-electron chi connectivity index (χ3n) is 1.62. The van der Waals surface area contributed by atoms with Crippen molar-refractivity contribution in [1.29, 1.82) is 0 Å². The maximum absolute atomic E-state index is 9.82. The lowest BCUT2D eigenvalue weighted by atomic mass is 10.3. The SMILES string of the molecule is CCOC(=O)C=O.c1ccc2scnc2c1. The summed E-state index contributed by atoms with van der Waals surface area (Å²) in [7, 11) is 0. The Kier molecular flexibility index (Phi) is 5.15. The Morgan fingerprint density at radius 1 is 1.50 bits per heavy atom. The molecule has 0 N–H and O–H groups in total. The van der Waals surface area contributed by atoms with Crippen molar-refractivity contribution >= 4 is 33.8 Å². The van der Waals surface area contributed by atoms with Gasteiger partial charge < -0.3 is 4.74 Å². The molecule has 0 fully saturated rings. The molecule has 1 aromatic heterocycles. The molecule has 4 nitrogen and oxygen atoms in total. The van der Waals surface area contributed by atoms with Crippen molar-refractivity contribution in [2.45, 2.75) is 6.92 Å². The first kappa shape index (κ1) is 12.3. The number of esters is 1. The standard InChI is InChI=1S/C7H5NS.C4H6O3/c1-2-4-7-6(3-1)8-5-9-7;1-2-7-4(6)3-5/h1-5H;3H,2H2,1H3. The summed E-state index contributed by atoms with van der Waals surface area (Å²) in [5.74, 6) is -0.803. The van der Waals surface area contributed by atoms with Crippen LogP contribution < -0.4 is 0 Å². The van der Waals surface area contributed by atoms with Crippen LogP contribution in [0.5, 0.6) is 0 Å². The molecule has 0 saturated heterocycles. The minimum absolute atomic E-state index is 0.142. The average molecular weight is 237 g/mol. The van der Waals surface area contributed by atoms with Gasteiger partial charge in [-0.2, -0.15) is 0 Å². The minimum Gasteiger partial charge on any atom is -0.460 e. The molecule has 16 heavy (non-hydrogen) atoms. The first-order valence-corrected chi connectivity index (χ1v) is 5.56. The Morgan fingerprint density at radius 3 is 2.81 bits per heavy atom. The molecule has 0 radical (unpaired) electrons. The summed E-state index contributed by atoms with van der Waals surface area (Å²) in [4.78, 5) is 23.4. The van der Waals surface area contributed by atoms with E-state index in [1.807, 2.05) is 23.7 Å². The van der Waals surface area contributed by atoms with Gasteiger partial charge in [0.2, 0.25) is 6.29 Å². The fourth-order valence-electron chi connectivity index (χ4n) is 0.980. The number of fused-ring (bicyclic) bond motifs is 1. The molecule has 1 heterocycles. The van der Waals surface area contributed by atoms with E-state index in [1.54, 1.807) is 18.3 Å². The fraction of sp³-hybridized carbons (Fsp3) is 0.182. The predicted molar refractivity (Wildman–Crippen MR) is 62.3 cm³/mol. The molecule has 0 aliphatic carbocycles. The van der Waals surface area contributed by atoms with Gasteiger partial charge in [0, 0.05) is 0 Å². The molecule has 5 heteroatoms. The lowest BCUT2D eigenvalue weighted by Crippen LogP contribution is -2.03. The molecule has 2 rings (SSSR count). The van der Waals surface area contributed by atoms with Crippen LogP contribution in [-0.4, -0.2) is 23.8 Å². The molecule has 1 aromatic carbocycles. The number of hydrogen-bond acceptors (Lipinski definition) is 5. The van der Waals surface area contributed by atoms with Gasteiger partial charge in [-0.3, -0.25) is 4.79 Å². The molecule has 0 bridgehead atoms. The van der Waals surface area contributed by atoms with Gasteiger partial charge in [-0.1, -0.05) is 12.1 Å². The third-order valence-corrected chi connectivity index (χ3v) is 2.43. The van der Waals surface area contributed by atoms with Crippen LogP contribution in [0.3, 0.4) is 0 Å². The molecule has 2 aromatic rings. The Labute approximate surface area is 96.9 Å². The summed E-state index contributed by atoms with van der Waals surface area (Å²) in [5.41, 5.74) is 2.97. The molecule has 0 aliphatic rings. The number of nitrogens with zero attached hydrogens (tertiary/aromatic N) is 1. The molecular weight excluding hydrogens is 226 g/mol. The number of aromatic nitrogens is 1. The zero-order valence-electron chi connectivity index (χ0n) is 8.75. The Bertz CT molecular complexity index is 437. The van der Waals surface area contributed by atoms with Gasteiger partial charge in [0.05, 0.1) is 22.3 Å². The van der Waals surface area contributed by atoms with E-state index >= 15 is 0 Å². The van der Waals surface area contributed by atoms with E-state index in [9.17, 15) is 9.59 Å². The van der Waals surface area contributed by atoms with E-state index in [4.69, 9.17) is 0 Å². The van der Waals surface area contributed by atoms with Crippen molar-refractivity contribution in [3.05, 3.63) is 29.8 Å². The maximum atomic E-state index is 9.82. The second kappa shape index (κ2) is 6.68. The van der Waals surface area contributed by atoms with Crippen LogP contribution in [0.1, 0.15) is 6.92 Å². The minimum atomic E-state index is -0.803. The van der Waals surface area contributed by atoms with Crippen molar-refractivity contribution in [2.24, 2.45) is 0 Å². The quantitative estimate of drug-likeness (QED) is 0.455. The first-order chi connectivity index (χ1) is 7.77. The number of thiazole rings is 1. The van der Waals surface area contributed by atoms with Crippen LogP contribution in [0.25, 0.3) is 10.2 Å². The van der Waals surface area contributed by atoms with Gasteiger partial charge in [0.1, 0.15) is 0 Å². The highest BCUT2D eigenvalue weighted by Gasteiger charge is 1.92. The number of aldehydes is 1. The highest BCUT2D eigenvalue weighted by molar-refractivity contribution is 7.16. The second-order valence-electron chi connectivity index (χ2n) is 2.69. The molecule has 0 aliphatic heterocycles. The predicted octanol–water partition coefficient (Wildman–Crippen LogP) is 2.04. The number of benzene rings is 1. The van der Waals surface area contributed by atoms with Crippen molar-refractivity contribution in [1.82, 2.24) is 4.98 Å². The summed E-state index contributed by atoms with van der Waals surface area (Å²) in [6.07, 6.45) is 0.142. The van der Waals surface area contributed by atoms with Crippen molar-refractivity contribution < 1.29 is 14.3 Å². The third kappa shape index (κ3) is 3.78. The van der Waals surface area contributed by atoms with Crippen LogP contribution >= 0.6 is 11.3 Å². The molecular formula is C11H11NO3S. The van der Waals surface area contributed by atoms with E-state index in [-0.39, 0.29) is 12.9 Å². The highest BCUT2D eigenvalue weighted by Crippen LogP contribution is 2.15. The highest BCUT2D eigenvalue weighted by atomic mass is 32.1. The fourth-order valence-corrected chi connectivity index (χ4v) is 1.66. The van der Waals surface area contributed by atoms with Crippen LogP contribution in [0.2, 0.25) is 0 Å². The van der Waals surface area contributed by atoms with Gasteiger partial charge in [0.25, 0.3) is 0 Å². The second-order valence-corrected chi connectivity index (χ2v) is 3.58. The lowest BCUT2D eigenvalue weighted by molar-refractivity contribution is -0.148. The van der Waals surface area contributed by atoms with E-state index in [0.717, 1.165) is 5.52 Å². The smallest absolute Gasteiger partial charge is 0.371 e. The largest absolute Gasteiger partial charge is 0.460 e. The van der Waals surface area contributed by atoms with E-state index in [2.05, 4.69) is 15.8 Å². The number of carbonyl (C=O) groups excluding carboxylic acids is 2. The summed E-state index contributed by atoms with van der Waals surface area (Å²) >= 11 is 1.68. The van der Waals surface area contributed by atoms with Crippen LogP contribution in [0.4, 0.5) is 0 Å². The summed E-state index contributed by atoms with van der Waals surface area (Å²) in [6, 6.07) is 8.13. The summed E-state index contributed by atoms with van der Waals surface area (Å²) < 4.78 is 5.45. The molecule has 0 spiro atoms. The number of ether oxygens (including phenoxy) is 1. The normalized spacial score (nSPS) is 9.06. The van der Waals surface area contributed by atoms with E-state index < -0.39 is 5.97 Å². The first-order valence-electron chi connectivity index (χ1n) is 4.68. The van der Waals surface area contributed by atoms with Gasteiger partial charge in [-0.25, -0.2) is 9.78 Å². The van der Waals surface area contributed by atoms with Crippen molar-refractivity contribution in [2.75, 3.05) is 6.61 Å². The summed E-state index contributed by atoms with van der Waals surface area (Å²) in [6.45, 7) is 1.90.